The molecular weight excluding hydrogens is 392 g/mol. The van der Waals surface area contributed by atoms with E-state index in [2.05, 4.69) is 20.7 Å². The van der Waals surface area contributed by atoms with Gasteiger partial charge >= 0.3 is 0 Å². The fourth-order valence-electron chi connectivity index (χ4n) is 4.65. The Kier molecular flexibility index (Phi) is 6.94. The topological polar surface area (TPSA) is 93.0 Å². The molecule has 0 aliphatic heterocycles. The summed E-state index contributed by atoms with van der Waals surface area (Å²) in [6, 6.07) is 8.24. The molecule has 2 amide bonds. The van der Waals surface area contributed by atoms with Crippen LogP contribution in [0.1, 0.15) is 63.4 Å². The highest BCUT2D eigenvalue weighted by atomic mass is 16.2. The second kappa shape index (κ2) is 10.0. The van der Waals surface area contributed by atoms with E-state index in [4.69, 9.17) is 0 Å². The summed E-state index contributed by atoms with van der Waals surface area (Å²) < 4.78 is 0. The zero-order chi connectivity index (χ0) is 21.6. The normalized spacial score (nSPS) is 17.6. The predicted molar refractivity (Wildman–Crippen MR) is 117 cm³/mol. The maximum atomic E-state index is 13.2. The van der Waals surface area contributed by atoms with Crippen LogP contribution >= 0.6 is 0 Å². The molecule has 8 nitrogen and oxygen atoms in total. The van der Waals surface area contributed by atoms with Gasteiger partial charge in [0.1, 0.15) is 6.54 Å². The van der Waals surface area contributed by atoms with Gasteiger partial charge in [-0.25, -0.2) is 0 Å². The number of amides is 2. The van der Waals surface area contributed by atoms with Crippen LogP contribution in [-0.2, 0) is 16.1 Å². The summed E-state index contributed by atoms with van der Waals surface area (Å²) in [7, 11) is 0. The average molecular weight is 425 g/mol. The van der Waals surface area contributed by atoms with Gasteiger partial charge in [0.25, 0.3) is 0 Å². The minimum atomic E-state index is -0.124. The number of rotatable bonds is 7. The van der Waals surface area contributed by atoms with Gasteiger partial charge in [-0.15, -0.1) is 10.2 Å². The first kappa shape index (κ1) is 21.5. The van der Waals surface area contributed by atoms with Gasteiger partial charge in [0.05, 0.1) is 6.54 Å². The van der Waals surface area contributed by atoms with Crippen LogP contribution < -0.4 is 5.32 Å². The third-order valence-electron chi connectivity index (χ3n) is 6.41. The number of carbonyl (C=O) groups is 2. The number of hydrogen-bond donors (Lipinski definition) is 1. The van der Waals surface area contributed by atoms with Gasteiger partial charge in [-0.05, 0) is 37.8 Å². The molecule has 1 heterocycles. The standard InChI is InChI=1S/C23H32N6O2/c1-17-11-13-18(14-12-17)23-25-27-29(26-23)16-22(31)28(20-9-3-2-4-10-20)15-21(30)24-19-7-5-6-8-19/h11-14,19-20H,2-10,15-16H2,1H3,(H,24,30). The Balaban J connectivity index is 1.42. The van der Waals surface area contributed by atoms with E-state index >= 15 is 0 Å². The number of aromatic nitrogens is 4. The minimum absolute atomic E-state index is 0.00787. The summed E-state index contributed by atoms with van der Waals surface area (Å²) in [5.41, 5.74) is 2.02. The summed E-state index contributed by atoms with van der Waals surface area (Å²) in [4.78, 5) is 28.9. The van der Waals surface area contributed by atoms with Gasteiger partial charge in [0.15, 0.2) is 0 Å². The lowest BCUT2D eigenvalue weighted by Crippen LogP contribution is -2.49. The van der Waals surface area contributed by atoms with Crippen LogP contribution in [0.2, 0.25) is 0 Å². The van der Waals surface area contributed by atoms with Crippen molar-refractivity contribution in [3.63, 3.8) is 0 Å². The monoisotopic (exact) mass is 424 g/mol. The zero-order valence-electron chi connectivity index (χ0n) is 18.3. The molecule has 31 heavy (non-hydrogen) atoms. The molecule has 2 fully saturated rings. The first-order valence-electron chi connectivity index (χ1n) is 11.5. The molecule has 2 aromatic rings. The highest BCUT2D eigenvalue weighted by Gasteiger charge is 2.29. The van der Waals surface area contributed by atoms with E-state index in [9.17, 15) is 9.59 Å². The molecule has 0 unspecified atom stereocenters. The highest BCUT2D eigenvalue weighted by molar-refractivity contribution is 5.85. The van der Waals surface area contributed by atoms with Crippen LogP contribution in [0.5, 0.6) is 0 Å². The molecule has 1 aromatic carbocycles. The molecule has 4 rings (SSSR count). The third kappa shape index (κ3) is 5.68. The van der Waals surface area contributed by atoms with Gasteiger partial charge in [0, 0.05) is 17.6 Å². The van der Waals surface area contributed by atoms with Gasteiger partial charge in [-0.3, -0.25) is 9.59 Å². The molecule has 166 valence electrons. The van der Waals surface area contributed by atoms with Gasteiger partial charge in [-0.2, -0.15) is 4.80 Å². The Morgan fingerprint density at radius 3 is 2.42 bits per heavy atom. The fraction of sp³-hybridized carbons (Fsp3) is 0.609. The van der Waals surface area contributed by atoms with E-state index in [1.165, 1.54) is 11.2 Å². The number of nitrogens with one attached hydrogen (secondary N) is 1. The van der Waals surface area contributed by atoms with Crippen LogP contribution in [-0.4, -0.2) is 55.5 Å². The molecule has 2 aliphatic rings. The SMILES string of the molecule is Cc1ccc(-c2nnn(CC(=O)N(CC(=O)NC3CCCC3)C3CCCCC3)n2)cc1. The second-order valence-electron chi connectivity index (χ2n) is 8.87. The summed E-state index contributed by atoms with van der Waals surface area (Å²) >= 11 is 0. The van der Waals surface area contributed by atoms with Crippen LogP contribution in [0.4, 0.5) is 0 Å². The summed E-state index contributed by atoms with van der Waals surface area (Å²) in [6.45, 7) is 2.13. The van der Waals surface area contributed by atoms with E-state index < -0.39 is 0 Å². The van der Waals surface area contributed by atoms with Gasteiger partial charge in [-0.1, -0.05) is 61.9 Å². The minimum Gasteiger partial charge on any atom is -0.352 e. The Morgan fingerprint density at radius 1 is 1.03 bits per heavy atom. The molecule has 2 saturated carbocycles. The van der Waals surface area contributed by atoms with Crippen LogP contribution in [0.15, 0.2) is 24.3 Å². The van der Waals surface area contributed by atoms with E-state index in [1.807, 2.05) is 31.2 Å². The van der Waals surface area contributed by atoms with E-state index in [-0.39, 0.29) is 37.0 Å². The molecule has 8 heteroatoms. The maximum absolute atomic E-state index is 13.2. The molecule has 0 bridgehead atoms. The lowest BCUT2D eigenvalue weighted by Gasteiger charge is -2.34. The third-order valence-corrected chi connectivity index (χ3v) is 6.41. The maximum Gasteiger partial charge on any atom is 0.246 e. The predicted octanol–water partition coefficient (Wildman–Crippen LogP) is 2.87. The quantitative estimate of drug-likeness (QED) is 0.738. The lowest BCUT2D eigenvalue weighted by molar-refractivity contribution is -0.140. The Labute approximate surface area is 183 Å². The van der Waals surface area contributed by atoms with Gasteiger partial charge in [0.2, 0.25) is 17.6 Å². The van der Waals surface area contributed by atoms with Crippen molar-refractivity contribution in [3.05, 3.63) is 29.8 Å². The Morgan fingerprint density at radius 2 is 1.71 bits per heavy atom. The number of tetrazole rings is 1. The number of carbonyl (C=O) groups excluding carboxylic acids is 2. The molecule has 0 saturated heterocycles. The van der Waals surface area contributed by atoms with Gasteiger partial charge < -0.3 is 10.2 Å². The molecule has 1 aromatic heterocycles. The van der Waals surface area contributed by atoms with Crippen LogP contribution in [0.25, 0.3) is 11.4 Å². The first-order chi connectivity index (χ1) is 15.1. The van der Waals surface area contributed by atoms with E-state index in [1.54, 1.807) is 4.90 Å². The smallest absolute Gasteiger partial charge is 0.246 e. The second-order valence-corrected chi connectivity index (χ2v) is 8.87. The average Bonchev–Trinajstić information content (AvgIpc) is 3.45. The van der Waals surface area contributed by atoms with Crippen molar-refractivity contribution in [2.75, 3.05) is 6.54 Å². The van der Waals surface area contributed by atoms with Crippen molar-refractivity contribution in [2.45, 2.75) is 83.3 Å². The Hall–Kier alpha value is -2.77. The fourth-order valence-corrected chi connectivity index (χ4v) is 4.65. The number of aryl methyl sites for hydroxylation is 1. The molecule has 0 radical (unpaired) electrons. The van der Waals surface area contributed by atoms with Crippen molar-refractivity contribution < 1.29 is 9.59 Å². The van der Waals surface area contributed by atoms with E-state index in [0.29, 0.717) is 5.82 Å². The summed E-state index contributed by atoms with van der Waals surface area (Å²) in [6.07, 6.45) is 9.67. The summed E-state index contributed by atoms with van der Waals surface area (Å²) in [5.74, 6) is 0.315. The molecule has 1 N–H and O–H groups in total. The van der Waals surface area contributed by atoms with Crippen molar-refractivity contribution in [3.8, 4) is 11.4 Å². The van der Waals surface area contributed by atoms with Crippen molar-refractivity contribution in [1.29, 1.82) is 0 Å². The lowest BCUT2D eigenvalue weighted by atomic mass is 9.94. The molecular formula is C23H32N6O2. The highest BCUT2D eigenvalue weighted by Crippen LogP contribution is 2.23. The van der Waals surface area contributed by atoms with Crippen LogP contribution in [0, 0.1) is 6.92 Å². The number of hydrogen-bond acceptors (Lipinski definition) is 5. The molecule has 2 aliphatic carbocycles. The Bertz CT molecular complexity index is 882. The molecule has 0 spiro atoms. The van der Waals surface area contributed by atoms with Crippen LogP contribution in [0.3, 0.4) is 0 Å². The van der Waals surface area contributed by atoms with Crippen molar-refractivity contribution >= 4 is 11.8 Å². The largest absolute Gasteiger partial charge is 0.352 e. The number of nitrogens with zero attached hydrogens (tertiary/aromatic N) is 5. The zero-order valence-corrected chi connectivity index (χ0v) is 18.3. The summed E-state index contributed by atoms with van der Waals surface area (Å²) in [5, 5.41) is 15.7. The number of benzene rings is 1. The van der Waals surface area contributed by atoms with E-state index in [0.717, 1.165) is 62.5 Å². The van der Waals surface area contributed by atoms with Crippen molar-refractivity contribution in [2.24, 2.45) is 0 Å². The molecule has 0 atom stereocenters. The first-order valence-corrected chi connectivity index (χ1v) is 11.5. The van der Waals surface area contributed by atoms with Crippen molar-refractivity contribution in [1.82, 2.24) is 30.4 Å².